The van der Waals surface area contributed by atoms with E-state index in [-0.39, 0.29) is 17.6 Å². The maximum absolute atomic E-state index is 12.4. The highest BCUT2D eigenvalue weighted by Gasteiger charge is 2.30. The van der Waals surface area contributed by atoms with E-state index < -0.39 is 6.04 Å². The average Bonchev–Trinajstić information content (AvgIpc) is 3.03. The van der Waals surface area contributed by atoms with Crippen molar-refractivity contribution in [3.63, 3.8) is 0 Å². The van der Waals surface area contributed by atoms with Gasteiger partial charge in [0, 0.05) is 32.4 Å². The Balaban J connectivity index is 1.64. The van der Waals surface area contributed by atoms with Crippen LogP contribution >= 0.6 is 0 Å². The van der Waals surface area contributed by atoms with E-state index in [9.17, 15) is 9.59 Å². The molecule has 1 aromatic heterocycles. The highest BCUT2D eigenvalue weighted by Crippen LogP contribution is 2.15. The van der Waals surface area contributed by atoms with Gasteiger partial charge in [0.15, 0.2) is 0 Å². The van der Waals surface area contributed by atoms with Gasteiger partial charge < -0.3 is 9.88 Å². The van der Waals surface area contributed by atoms with Crippen LogP contribution < -0.4 is 15.8 Å². The van der Waals surface area contributed by atoms with Gasteiger partial charge in [0.1, 0.15) is 11.9 Å². The molecule has 0 spiro atoms. The number of nitrogens with one attached hydrogen (secondary N) is 2. The van der Waals surface area contributed by atoms with Crippen LogP contribution in [0.15, 0.2) is 47.7 Å². The number of carbonyl (C=O) groups excluding carboxylic acids is 2. The van der Waals surface area contributed by atoms with Gasteiger partial charge >= 0.3 is 0 Å². The number of rotatable bonds is 5. The Kier molecular flexibility index (Phi) is 4.78. The first kappa shape index (κ1) is 16.7. The van der Waals surface area contributed by atoms with E-state index >= 15 is 0 Å². The molecule has 1 aliphatic heterocycles. The molecule has 3 rings (SSSR count). The van der Waals surface area contributed by atoms with Crippen LogP contribution in [0.5, 0.6) is 0 Å². The highest BCUT2D eigenvalue weighted by molar-refractivity contribution is 6.39. The molecule has 0 saturated heterocycles. The first-order valence-corrected chi connectivity index (χ1v) is 8.04. The first-order chi connectivity index (χ1) is 12.1. The largest absolute Gasteiger partial charge is 0.349 e. The van der Waals surface area contributed by atoms with E-state index in [1.165, 1.54) is 5.01 Å². The molecule has 2 amide bonds. The lowest BCUT2D eigenvalue weighted by molar-refractivity contribution is -0.120. The van der Waals surface area contributed by atoms with Crippen LogP contribution in [0.2, 0.25) is 0 Å². The lowest BCUT2D eigenvalue weighted by atomic mass is 10.2. The zero-order valence-corrected chi connectivity index (χ0v) is 14.1. The standard InChI is InChI=1S/C17H20N6O2/c1-12-17(25)23(13-6-4-3-5-7-13)21-15(20-12)16(24)19-9-8-14-18-10-11-22(14)2/h3-7,10-12H,8-9H2,1-2H3,(H,19,24)(H,20,21)/t12-/m0/s1. The summed E-state index contributed by atoms with van der Waals surface area (Å²) in [6.45, 7) is 2.10. The molecule has 8 heteroatoms. The van der Waals surface area contributed by atoms with Crippen LogP contribution in [0.1, 0.15) is 12.7 Å². The van der Waals surface area contributed by atoms with E-state index in [1.54, 1.807) is 25.3 Å². The van der Waals surface area contributed by atoms with Crippen LogP contribution in [0.4, 0.5) is 5.69 Å². The predicted molar refractivity (Wildman–Crippen MR) is 93.9 cm³/mol. The molecule has 1 aliphatic rings. The molecule has 0 unspecified atom stereocenters. The van der Waals surface area contributed by atoms with Gasteiger partial charge in [0.25, 0.3) is 11.8 Å². The summed E-state index contributed by atoms with van der Waals surface area (Å²) in [5, 5.41) is 4.15. The number of nitrogens with zero attached hydrogens (tertiary/aromatic N) is 4. The van der Waals surface area contributed by atoms with Crippen molar-refractivity contribution in [1.29, 1.82) is 0 Å². The highest BCUT2D eigenvalue weighted by atomic mass is 16.2. The second kappa shape index (κ2) is 7.16. The van der Waals surface area contributed by atoms with Crippen molar-refractivity contribution < 1.29 is 9.59 Å². The average molecular weight is 340 g/mol. The lowest BCUT2D eigenvalue weighted by Gasteiger charge is -2.30. The topological polar surface area (TPSA) is 91.6 Å². The number of hydrazine groups is 1. The van der Waals surface area contributed by atoms with Crippen LogP contribution in [-0.4, -0.2) is 39.8 Å². The minimum atomic E-state index is -0.628. The van der Waals surface area contributed by atoms with Crippen molar-refractivity contribution in [1.82, 2.24) is 20.3 Å². The number of imidazole rings is 1. The van der Waals surface area contributed by atoms with Gasteiger partial charge in [-0.1, -0.05) is 18.2 Å². The Morgan fingerprint density at radius 1 is 1.32 bits per heavy atom. The zero-order valence-electron chi connectivity index (χ0n) is 14.1. The lowest BCUT2D eigenvalue weighted by Crippen LogP contribution is -2.58. The Bertz CT molecular complexity index is 798. The van der Waals surface area contributed by atoms with Gasteiger partial charge in [-0.05, 0) is 19.1 Å². The number of hydrogen-bond donors (Lipinski definition) is 2. The van der Waals surface area contributed by atoms with E-state index in [2.05, 4.69) is 20.7 Å². The SMILES string of the molecule is C[C@@H]1N=C(C(=O)NCCc2nccn2C)NN(c2ccccc2)C1=O. The van der Waals surface area contributed by atoms with Crippen molar-refractivity contribution in [2.24, 2.45) is 12.0 Å². The van der Waals surface area contributed by atoms with E-state index in [4.69, 9.17) is 0 Å². The molecule has 0 saturated carbocycles. The number of anilines is 1. The monoisotopic (exact) mass is 340 g/mol. The number of para-hydroxylation sites is 1. The number of aliphatic imine (C=N–C) groups is 1. The van der Waals surface area contributed by atoms with Crippen LogP contribution in [-0.2, 0) is 23.1 Å². The maximum Gasteiger partial charge on any atom is 0.288 e. The molecule has 2 heterocycles. The predicted octanol–water partition coefficient (Wildman–Crippen LogP) is 0.417. The fourth-order valence-electron chi connectivity index (χ4n) is 2.51. The first-order valence-electron chi connectivity index (χ1n) is 8.04. The van der Waals surface area contributed by atoms with Crippen LogP contribution in [0.25, 0.3) is 0 Å². The molecule has 25 heavy (non-hydrogen) atoms. The van der Waals surface area contributed by atoms with Crippen molar-refractivity contribution >= 4 is 23.3 Å². The Labute approximate surface area is 145 Å². The van der Waals surface area contributed by atoms with Gasteiger partial charge in [-0.25, -0.2) is 15.0 Å². The molecule has 1 aromatic carbocycles. The van der Waals surface area contributed by atoms with E-state index in [0.717, 1.165) is 5.82 Å². The maximum atomic E-state index is 12.4. The molecule has 2 N–H and O–H groups in total. The summed E-state index contributed by atoms with van der Waals surface area (Å²) in [6.07, 6.45) is 4.18. The summed E-state index contributed by atoms with van der Waals surface area (Å²) >= 11 is 0. The van der Waals surface area contributed by atoms with Crippen molar-refractivity contribution in [3.8, 4) is 0 Å². The normalized spacial score (nSPS) is 17.0. The number of carbonyl (C=O) groups is 2. The van der Waals surface area contributed by atoms with Crippen molar-refractivity contribution in [2.45, 2.75) is 19.4 Å². The molecule has 130 valence electrons. The quantitative estimate of drug-likeness (QED) is 0.825. The molecule has 0 aliphatic carbocycles. The number of aromatic nitrogens is 2. The Morgan fingerprint density at radius 3 is 2.76 bits per heavy atom. The second-order valence-corrected chi connectivity index (χ2v) is 5.73. The third-order valence-corrected chi connectivity index (χ3v) is 3.90. The molecule has 0 radical (unpaired) electrons. The molecular weight excluding hydrogens is 320 g/mol. The number of benzene rings is 1. The molecule has 2 aromatic rings. The molecule has 8 nitrogen and oxygen atoms in total. The van der Waals surface area contributed by atoms with Gasteiger partial charge in [-0.3, -0.25) is 15.0 Å². The van der Waals surface area contributed by atoms with Gasteiger partial charge in [-0.2, -0.15) is 0 Å². The Morgan fingerprint density at radius 2 is 2.08 bits per heavy atom. The van der Waals surface area contributed by atoms with E-state index in [1.807, 2.05) is 36.0 Å². The van der Waals surface area contributed by atoms with Gasteiger partial charge in [-0.15, -0.1) is 0 Å². The summed E-state index contributed by atoms with van der Waals surface area (Å²) in [6, 6.07) is 8.47. The zero-order chi connectivity index (χ0) is 17.8. The number of amides is 2. The van der Waals surface area contributed by atoms with Crippen molar-refractivity contribution in [3.05, 3.63) is 48.5 Å². The number of hydrogen-bond acceptors (Lipinski definition) is 5. The number of aryl methyl sites for hydroxylation is 1. The smallest absolute Gasteiger partial charge is 0.288 e. The van der Waals surface area contributed by atoms with Crippen LogP contribution in [0, 0.1) is 0 Å². The van der Waals surface area contributed by atoms with Gasteiger partial charge in [0.05, 0.1) is 5.69 Å². The minimum Gasteiger partial charge on any atom is -0.349 e. The second-order valence-electron chi connectivity index (χ2n) is 5.73. The summed E-state index contributed by atoms with van der Waals surface area (Å²) in [4.78, 5) is 33.1. The van der Waals surface area contributed by atoms with Crippen LogP contribution in [0.3, 0.4) is 0 Å². The summed E-state index contributed by atoms with van der Waals surface area (Å²) in [7, 11) is 1.90. The van der Waals surface area contributed by atoms with Crippen molar-refractivity contribution in [2.75, 3.05) is 11.6 Å². The molecule has 1 atom stereocenters. The van der Waals surface area contributed by atoms with Gasteiger partial charge in [0.2, 0.25) is 5.84 Å². The third-order valence-electron chi connectivity index (χ3n) is 3.90. The molecular formula is C17H20N6O2. The summed E-state index contributed by atoms with van der Waals surface area (Å²) < 4.78 is 1.90. The fraction of sp³-hybridized carbons (Fsp3) is 0.294. The summed E-state index contributed by atoms with van der Waals surface area (Å²) in [5.41, 5.74) is 3.47. The molecule has 0 fully saturated rings. The fourth-order valence-corrected chi connectivity index (χ4v) is 2.51. The summed E-state index contributed by atoms with van der Waals surface area (Å²) in [5.74, 6) is 0.439. The minimum absolute atomic E-state index is 0.121. The molecule has 0 bridgehead atoms. The van der Waals surface area contributed by atoms with E-state index in [0.29, 0.717) is 18.7 Å². The third kappa shape index (κ3) is 3.68. The Hall–Kier alpha value is -3.16. The number of amidine groups is 1.